The molecule has 0 aliphatic carbocycles. The Morgan fingerprint density at radius 1 is 1.03 bits per heavy atom. The van der Waals surface area contributed by atoms with Crippen molar-refractivity contribution in [2.24, 2.45) is 0 Å². The molecule has 0 aliphatic heterocycles. The summed E-state index contributed by atoms with van der Waals surface area (Å²) in [4.78, 5) is 36.3. The quantitative estimate of drug-likeness (QED) is 0.699. The van der Waals surface area contributed by atoms with Gasteiger partial charge < -0.3 is 14.8 Å². The first-order valence-electron chi connectivity index (χ1n) is 9.32. The highest BCUT2D eigenvalue weighted by Crippen LogP contribution is 2.27. The molecule has 0 aromatic heterocycles. The Kier molecular flexibility index (Phi) is 7.77. The first kappa shape index (κ1) is 21.9. The number of ether oxygens (including phenoxy) is 2. The fourth-order valence-electron chi connectivity index (χ4n) is 2.69. The zero-order valence-corrected chi connectivity index (χ0v) is 17.0. The van der Waals surface area contributed by atoms with Gasteiger partial charge in [0.25, 0.3) is 5.91 Å². The predicted octanol–water partition coefficient (Wildman–Crippen LogP) is 3.24. The van der Waals surface area contributed by atoms with Gasteiger partial charge in [-0.25, -0.2) is 9.59 Å². The fourth-order valence-corrected chi connectivity index (χ4v) is 2.69. The van der Waals surface area contributed by atoms with Gasteiger partial charge in [0.05, 0.1) is 0 Å². The molecule has 0 fully saturated rings. The molecule has 7 nitrogen and oxygen atoms in total. The maximum Gasteiger partial charge on any atom is 0.345 e. The number of amides is 3. The van der Waals surface area contributed by atoms with Crippen molar-refractivity contribution in [3.63, 3.8) is 0 Å². The minimum atomic E-state index is -1.27. The Labute approximate surface area is 170 Å². The molecule has 2 rings (SSSR count). The molecule has 2 aromatic rings. The van der Waals surface area contributed by atoms with Gasteiger partial charge in [0.2, 0.25) is 6.10 Å². The van der Waals surface area contributed by atoms with Crippen LogP contribution in [0.5, 0.6) is 5.75 Å². The highest BCUT2D eigenvalue weighted by molar-refractivity contribution is 5.97. The monoisotopic (exact) mass is 398 g/mol. The summed E-state index contributed by atoms with van der Waals surface area (Å²) in [5.41, 5.74) is 2.42. The molecular formula is C22H26N2O5. The number of rotatable bonds is 7. The van der Waals surface area contributed by atoms with Crippen LogP contribution in [0.3, 0.4) is 0 Å². The van der Waals surface area contributed by atoms with Crippen molar-refractivity contribution in [3.05, 3.63) is 65.2 Å². The van der Waals surface area contributed by atoms with Gasteiger partial charge in [0.1, 0.15) is 5.75 Å². The number of carbonyl (C=O) groups excluding carboxylic acids is 3. The van der Waals surface area contributed by atoms with Crippen LogP contribution < -0.4 is 15.4 Å². The molecule has 29 heavy (non-hydrogen) atoms. The Balaban J connectivity index is 2.11. The van der Waals surface area contributed by atoms with Crippen molar-refractivity contribution in [1.29, 1.82) is 0 Å². The van der Waals surface area contributed by atoms with E-state index in [1.165, 1.54) is 7.05 Å². The first-order chi connectivity index (χ1) is 13.8. The molecule has 0 bridgehead atoms. The highest BCUT2D eigenvalue weighted by Gasteiger charge is 2.26. The largest absolute Gasteiger partial charge is 0.482 e. The van der Waals surface area contributed by atoms with Crippen LogP contribution in [-0.2, 0) is 14.3 Å². The fraction of sp³-hybridized carbons (Fsp3) is 0.318. The minimum Gasteiger partial charge on any atom is -0.482 e. The van der Waals surface area contributed by atoms with Crippen molar-refractivity contribution in [3.8, 4) is 5.75 Å². The molecule has 0 heterocycles. The molecular weight excluding hydrogens is 372 g/mol. The molecule has 2 N–H and O–H groups in total. The van der Waals surface area contributed by atoms with E-state index >= 15 is 0 Å². The molecule has 0 spiro atoms. The molecule has 1 atom stereocenters. The number of esters is 1. The zero-order chi connectivity index (χ0) is 21.4. The molecule has 3 amide bonds. The molecule has 0 radical (unpaired) electrons. The lowest BCUT2D eigenvalue weighted by atomic mass is 10.0. The SMILES string of the molecule is CNC(=O)NC(=O)[C@@H](OC(=O)COc1cc(C)ccc1C(C)C)c1ccccc1. The minimum absolute atomic E-state index is 0.219. The number of hydrogen-bond donors (Lipinski definition) is 2. The number of hydrogen-bond acceptors (Lipinski definition) is 5. The summed E-state index contributed by atoms with van der Waals surface area (Å²) in [5, 5.41) is 4.42. The second-order valence-corrected chi connectivity index (χ2v) is 6.83. The highest BCUT2D eigenvalue weighted by atomic mass is 16.6. The van der Waals surface area contributed by atoms with Crippen molar-refractivity contribution >= 4 is 17.9 Å². The topological polar surface area (TPSA) is 93.7 Å². The lowest BCUT2D eigenvalue weighted by molar-refractivity contribution is -0.158. The number of imide groups is 1. The van der Waals surface area contributed by atoms with Crippen LogP contribution in [0, 0.1) is 6.92 Å². The van der Waals surface area contributed by atoms with E-state index in [0.717, 1.165) is 11.1 Å². The third-order valence-electron chi connectivity index (χ3n) is 4.19. The summed E-state index contributed by atoms with van der Waals surface area (Å²) in [5.74, 6) is -0.649. The van der Waals surface area contributed by atoms with Gasteiger partial charge in [-0.1, -0.05) is 56.3 Å². The molecule has 0 unspecified atom stereocenters. The van der Waals surface area contributed by atoms with Crippen molar-refractivity contribution in [1.82, 2.24) is 10.6 Å². The van der Waals surface area contributed by atoms with Crippen molar-refractivity contribution in [2.45, 2.75) is 32.8 Å². The van der Waals surface area contributed by atoms with E-state index < -0.39 is 24.0 Å². The van der Waals surface area contributed by atoms with Crippen LogP contribution in [0.1, 0.15) is 42.6 Å². The summed E-state index contributed by atoms with van der Waals surface area (Å²) >= 11 is 0. The molecule has 154 valence electrons. The number of nitrogens with one attached hydrogen (secondary N) is 2. The number of carbonyl (C=O) groups is 3. The van der Waals surface area contributed by atoms with Gasteiger partial charge in [0.15, 0.2) is 6.61 Å². The average molecular weight is 398 g/mol. The van der Waals surface area contributed by atoms with Gasteiger partial charge in [0, 0.05) is 12.6 Å². The maximum absolute atomic E-state index is 12.4. The van der Waals surface area contributed by atoms with Crippen LogP contribution in [0.25, 0.3) is 0 Å². The molecule has 0 aliphatic rings. The van der Waals surface area contributed by atoms with Gasteiger partial charge in [-0.05, 0) is 30.0 Å². The van der Waals surface area contributed by atoms with Crippen LogP contribution in [0.4, 0.5) is 4.79 Å². The number of urea groups is 1. The van der Waals surface area contributed by atoms with Crippen molar-refractivity contribution < 1.29 is 23.9 Å². The Bertz CT molecular complexity index is 865. The van der Waals surface area contributed by atoms with E-state index in [2.05, 4.69) is 10.6 Å². The van der Waals surface area contributed by atoms with Gasteiger partial charge >= 0.3 is 12.0 Å². The number of benzene rings is 2. The van der Waals surface area contributed by atoms with Gasteiger partial charge in [-0.2, -0.15) is 0 Å². The molecule has 7 heteroatoms. The van der Waals surface area contributed by atoms with E-state index in [1.54, 1.807) is 30.3 Å². The lowest BCUT2D eigenvalue weighted by Gasteiger charge is -2.18. The second-order valence-electron chi connectivity index (χ2n) is 6.83. The Morgan fingerprint density at radius 3 is 2.34 bits per heavy atom. The normalized spacial score (nSPS) is 11.5. The first-order valence-corrected chi connectivity index (χ1v) is 9.32. The Hall–Kier alpha value is -3.35. The summed E-state index contributed by atoms with van der Waals surface area (Å²) in [6, 6.07) is 13.6. The van der Waals surface area contributed by atoms with Gasteiger partial charge in [-0.3, -0.25) is 10.1 Å². The zero-order valence-electron chi connectivity index (χ0n) is 17.0. The summed E-state index contributed by atoms with van der Waals surface area (Å²) < 4.78 is 11.0. The summed E-state index contributed by atoms with van der Waals surface area (Å²) in [7, 11) is 1.38. The van der Waals surface area contributed by atoms with E-state index in [0.29, 0.717) is 11.3 Å². The third kappa shape index (κ3) is 6.34. The third-order valence-corrected chi connectivity index (χ3v) is 4.19. The number of aryl methyl sites for hydroxylation is 1. The second kappa shape index (κ2) is 10.3. The molecule has 2 aromatic carbocycles. The van der Waals surface area contributed by atoms with E-state index in [-0.39, 0.29) is 12.5 Å². The Morgan fingerprint density at radius 2 is 1.72 bits per heavy atom. The van der Waals surface area contributed by atoms with Crippen LogP contribution in [0.15, 0.2) is 48.5 Å². The lowest BCUT2D eigenvalue weighted by Crippen LogP contribution is -2.41. The molecule has 0 saturated heterocycles. The van der Waals surface area contributed by atoms with Crippen LogP contribution in [0.2, 0.25) is 0 Å². The van der Waals surface area contributed by atoms with E-state index in [1.807, 2.05) is 39.0 Å². The molecule has 0 saturated carbocycles. The maximum atomic E-state index is 12.4. The van der Waals surface area contributed by atoms with E-state index in [9.17, 15) is 14.4 Å². The average Bonchev–Trinajstić information content (AvgIpc) is 2.70. The van der Waals surface area contributed by atoms with Crippen LogP contribution >= 0.6 is 0 Å². The predicted molar refractivity (Wildman–Crippen MR) is 109 cm³/mol. The van der Waals surface area contributed by atoms with Crippen molar-refractivity contribution in [2.75, 3.05) is 13.7 Å². The standard InChI is InChI=1S/C22H26N2O5/c1-14(2)17-11-10-15(3)12-18(17)28-13-19(25)29-20(16-8-6-5-7-9-16)21(26)24-22(27)23-4/h5-12,14,20H,13H2,1-4H3,(H2,23,24,26,27)/t20-/m0/s1. The van der Waals surface area contributed by atoms with E-state index in [4.69, 9.17) is 9.47 Å². The van der Waals surface area contributed by atoms with Gasteiger partial charge in [-0.15, -0.1) is 0 Å². The smallest absolute Gasteiger partial charge is 0.345 e. The summed E-state index contributed by atoms with van der Waals surface area (Å²) in [6.07, 6.45) is -1.27. The van der Waals surface area contributed by atoms with Crippen LogP contribution in [-0.4, -0.2) is 31.6 Å². The summed E-state index contributed by atoms with van der Waals surface area (Å²) in [6.45, 7) is 5.64.